The van der Waals surface area contributed by atoms with Gasteiger partial charge in [0.05, 0.1) is 22.1 Å². The Morgan fingerprint density at radius 1 is 0.471 bits per heavy atom. The highest BCUT2D eigenvalue weighted by Crippen LogP contribution is 2.34. The van der Waals surface area contributed by atoms with Crippen LogP contribution in [0.15, 0.2) is 128 Å². The van der Waals surface area contributed by atoms with Crippen molar-refractivity contribution in [2.24, 2.45) is 0 Å². The van der Waals surface area contributed by atoms with E-state index < -0.39 is 0 Å². The van der Waals surface area contributed by atoms with Crippen LogP contribution < -0.4 is 0 Å². The number of fused-ring (bicyclic) bond motifs is 4. The van der Waals surface area contributed by atoms with Crippen molar-refractivity contribution in [1.29, 1.82) is 0 Å². The van der Waals surface area contributed by atoms with Gasteiger partial charge in [0.15, 0.2) is 0 Å². The zero-order valence-corrected chi connectivity index (χ0v) is 18.5. The lowest BCUT2D eigenvalue weighted by Crippen LogP contribution is -1.94. The first-order valence-electron chi connectivity index (χ1n) is 11.5. The Morgan fingerprint density at radius 2 is 1.21 bits per heavy atom. The third-order valence-corrected chi connectivity index (χ3v) is 6.60. The van der Waals surface area contributed by atoms with Crippen LogP contribution in [0.25, 0.3) is 55.3 Å². The maximum atomic E-state index is 4.68. The highest BCUT2D eigenvalue weighted by atomic mass is 15.1. The van der Waals surface area contributed by atoms with Crippen LogP contribution in [0.4, 0.5) is 0 Å². The monoisotopic (exact) mass is 435 g/mol. The summed E-state index contributed by atoms with van der Waals surface area (Å²) < 4.78 is 4.53. The zero-order valence-electron chi connectivity index (χ0n) is 18.5. The van der Waals surface area contributed by atoms with Gasteiger partial charge in [-0.05, 0) is 59.7 Å². The Morgan fingerprint density at radius 3 is 2.06 bits per heavy atom. The van der Waals surface area contributed by atoms with Crippen molar-refractivity contribution in [2.45, 2.75) is 0 Å². The van der Waals surface area contributed by atoms with Crippen LogP contribution in [-0.2, 0) is 0 Å². The van der Waals surface area contributed by atoms with Gasteiger partial charge in [-0.25, -0.2) is 4.98 Å². The molecule has 3 nitrogen and oxygen atoms in total. The molecular formula is C31H21N3. The molecule has 2 aromatic heterocycles. The summed E-state index contributed by atoms with van der Waals surface area (Å²) in [6, 6.07) is 42.9. The lowest BCUT2D eigenvalue weighted by molar-refractivity contribution is 1.09. The van der Waals surface area contributed by atoms with Gasteiger partial charge in [-0.1, -0.05) is 72.8 Å². The molecule has 0 saturated carbocycles. The second-order valence-electron chi connectivity index (χ2n) is 8.57. The van der Waals surface area contributed by atoms with Crippen LogP contribution >= 0.6 is 0 Å². The molecular weight excluding hydrogens is 414 g/mol. The third-order valence-electron chi connectivity index (χ3n) is 6.60. The summed E-state index contributed by atoms with van der Waals surface area (Å²) in [4.78, 5) is 4.68. The molecule has 0 unspecified atom stereocenters. The number of benzene rings is 5. The van der Waals surface area contributed by atoms with Crippen LogP contribution in [0.2, 0.25) is 0 Å². The van der Waals surface area contributed by atoms with Crippen molar-refractivity contribution >= 4 is 32.8 Å². The molecule has 0 atom stereocenters. The summed E-state index contributed by atoms with van der Waals surface area (Å²) in [5.74, 6) is 0. The normalized spacial score (nSPS) is 11.5. The molecule has 0 saturated heterocycles. The minimum absolute atomic E-state index is 0.992. The van der Waals surface area contributed by atoms with Crippen LogP contribution in [0.1, 0.15) is 0 Å². The lowest BCUT2D eigenvalue weighted by Gasteiger charge is -2.09. The van der Waals surface area contributed by atoms with Gasteiger partial charge in [0, 0.05) is 22.1 Å². The van der Waals surface area contributed by atoms with Gasteiger partial charge in [0.2, 0.25) is 0 Å². The van der Waals surface area contributed by atoms with Crippen LogP contribution in [0.5, 0.6) is 0 Å². The Labute approximate surface area is 197 Å². The molecule has 0 aliphatic heterocycles. The SMILES string of the molecule is c1ccc(-c2ccc3ncn(-c4ccc5c(c4)c4ccccc4n5-c4ccccc4)c3c2)cc1. The van der Waals surface area contributed by atoms with E-state index in [2.05, 4.69) is 129 Å². The quantitative estimate of drug-likeness (QED) is 0.278. The second kappa shape index (κ2) is 7.46. The van der Waals surface area contributed by atoms with Gasteiger partial charge in [-0.15, -0.1) is 0 Å². The van der Waals surface area contributed by atoms with Crippen molar-refractivity contribution in [2.75, 3.05) is 0 Å². The molecule has 2 heterocycles. The molecule has 0 aliphatic rings. The molecule has 160 valence electrons. The fourth-order valence-electron chi connectivity index (χ4n) is 4.99. The van der Waals surface area contributed by atoms with E-state index in [1.807, 2.05) is 12.4 Å². The molecule has 5 aromatic carbocycles. The minimum atomic E-state index is 0.992. The largest absolute Gasteiger partial charge is 0.309 e. The summed E-state index contributed by atoms with van der Waals surface area (Å²) in [7, 11) is 0. The number of imidazole rings is 1. The Hall–Kier alpha value is -4.63. The molecule has 34 heavy (non-hydrogen) atoms. The van der Waals surface area contributed by atoms with Gasteiger partial charge < -0.3 is 4.57 Å². The number of para-hydroxylation sites is 2. The van der Waals surface area contributed by atoms with E-state index in [9.17, 15) is 0 Å². The van der Waals surface area contributed by atoms with Crippen LogP contribution in [0.3, 0.4) is 0 Å². The predicted molar refractivity (Wildman–Crippen MR) is 141 cm³/mol. The number of rotatable bonds is 3. The van der Waals surface area contributed by atoms with E-state index in [0.717, 1.165) is 16.7 Å². The average Bonchev–Trinajstić information content (AvgIpc) is 3.48. The second-order valence-corrected chi connectivity index (χ2v) is 8.57. The average molecular weight is 436 g/mol. The molecule has 0 radical (unpaired) electrons. The fourth-order valence-corrected chi connectivity index (χ4v) is 4.99. The fraction of sp³-hybridized carbons (Fsp3) is 0. The first-order chi connectivity index (χ1) is 16.9. The minimum Gasteiger partial charge on any atom is -0.309 e. The van der Waals surface area contributed by atoms with Gasteiger partial charge >= 0.3 is 0 Å². The summed E-state index contributed by atoms with van der Waals surface area (Å²) in [6.45, 7) is 0. The molecule has 3 heteroatoms. The summed E-state index contributed by atoms with van der Waals surface area (Å²) in [6.07, 6.45) is 1.93. The van der Waals surface area contributed by atoms with E-state index in [-0.39, 0.29) is 0 Å². The number of hydrogen-bond acceptors (Lipinski definition) is 1. The van der Waals surface area contributed by atoms with Crippen molar-refractivity contribution in [1.82, 2.24) is 14.1 Å². The maximum Gasteiger partial charge on any atom is 0.100 e. The molecule has 0 N–H and O–H groups in total. The molecule has 0 amide bonds. The van der Waals surface area contributed by atoms with Crippen molar-refractivity contribution in [3.63, 3.8) is 0 Å². The smallest absolute Gasteiger partial charge is 0.100 e. The number of nitrogens with zero attached hydrogens (tertiary/aromatic N) is 3. The standard InChI is InChI=1S/C31H21N3/c1-3-9-22(10-4-1)23-15-17-28-31(19-23)33(21-32-28)25-16-18-30-27(20-25)26-13-7-8-14-29(26)34(30)24-11-5-2-6-12-24/h1-21H. The Bertz CT molecular complexity index is 1790. The zero-order chi connectivity index (χ0) is 22.5. The topological polar surface area (TPSA) is 22.8 Å². The van der Waals surface area contributed by atoms with Crippen molar-refractivity contribution in [3.8, 4) is 22.5 Å². The first-order valence-corrected chi connectivity index (χ1v) is 11.5. The number of aromatic nitrogens is 3. The maximum absolute atomic E-state index is 4.68. The summed E-state index contributed by atoms with van der Waals surface area (Å²) >= 11 is 0. The molecule has 7 rings (SSSR count). The summed E-state index contributed by atoms with van der Waals surface area (Å²) in [5, 5.41) is 2.48. The first kappa shape index (κ1) is 18.9. The van der Waals surface area contributed by atoms with Crippen LogP contribution in [-0.4, -0.2) is 14.1 Å². The molecule has 0 bridgehead atoms. The Balaban J connectivity index is 1.45. The van der Waals surface area contributed by atoms with Gasteiger partial charge in [-0.3, -0.25) is 4.57 Å². The molecule has 7 aromatic rings. The van der Waals surface area contributed by atoms with E-state index in [1.165, 1.54) is 38.6 Å². The van der Waals surface area contributed by atoms with E-state index >= 15 is 0 Å². The van der Waals surface area contributed by atoms with E-state index in [0.29, 0.717) is 0 Å². The van der Waals surface area contributed by atoms with Crippen LogP contribution in [0, 0.1) is 0 Å². The molecule has 0 fully saturated rings. The van der Waals surface area contributed by atoms with Gasteiger partial charge in [0.1, 0.15) is 6.33 Å². The highest BCUT2D eigenvalue weighted by molar-refractivity contribution is 6.10. The lowest BCUT2D eigenvalue weighted by atomic mass is 10.1. The van der Waals surface area contributed by atoms with E-state index in [1.54, 1.807) is 0 Å². The highest BCUT2D eigenvalue weighted by Gasteiger charge is 2.14. The van der Waals surface area contributed by atoms with Crippen molar-refractivity contribution in [3.05, 3.63) is 128 Å². The van der Waals surface area contributed by atoms with Crippen molar-refractivity contribution < 1.29 is 0 Å². The Kier molecular flexibility index (Phi) is 4.15. The summed E-state index contributed by atoms with van der Waals surface area (Å²) in [5.41, 5.74) is 9.18. The molecule has 0 spiro atoms. The van der Waals surface area contributed by atoms with E-state index in [4.69, 9.17) is 0 Å². The predicted octanol–water partition coefficient (Wildman–Crippen LogP) is 7.79. The van der Waals surface area contributed by atoms with Gasteiger partial charge in [0.25, 0.3) is 0 Å². The molecule has 0 aliphatic carbocycles. The van der Waals surface area contributed by atoms with Gasteiger partial charge in [-0.2, -0.15) is 0 Å². The number of hydrogen-bond donors (Lipinski definition) is 0. The third kappa shape index (κ3) is 2.87.